The molecule has 110 valence electrons. The molecule has 0 heterocycles. The summed E-state index contributed by atoms with van der Waals surface area (Å²) in [5, 5.41) is 19.2. The zero-order chi connectivity index (χ0) is 15.4. The fourth-order valence-electron chi connectivity index (χ4n) is 2.15. The van der Waals surface area contributed by atoms with Gasteiger partial charge in [0.2, 0.25) is 0 Å². The second kappa shape index (κ2) is 6.64. The molecule has 21 heavy (non-hydrogen) atoms. The summed E-state index contributed by atoms with van der Waals surface area (Å²) in [7, 11) is 0. The van der Waals surface area contributed by atoms with E-state index in [4.69, 9.17) is 11.6 Å². The summed E-state index contributed by atoms with van der Waals surface area (Å²) in [5.74, 6) is -0.858. The predicted molar refractivity (Wildman–Crippen MR) is 83.3 cm³/mol. The minimum atomic E-state index is -0.362. The highest BCUT2D eigenvalue weighted by Gasteiger charge is 2.18. The van der Waals surface area contributed by atoms with Crippen molar-refractivity contribution in [3.8, 4) is 11.5 Å². The van der Waals surface area contributed by atoms with Crippen LogP contribution in [0.2, 0.25) is 5.02 Å². The molecule has 0 amide bonds. The Labute approximate surface area is 128 Å². The molecule has 0 saturated carbocycles. The average Bonchev–Trinajstić information content (AvgIpc) is 2.44. The van der Waals surface area contributed by atoms with Gasteiger partial charge in [0, 0.05) is 11.6 Å². The molecule has 0 fully saturated rings. The van der Waals surface area contributed by atoms with Crippen LogP contribution < -0.4 is 0 Å². The monoisotopic (exact) mass is 304 g/mol. The van der Waals surface area contributed by atoms with Gasteiger partial charge in [0.1, 0.15) is 11.5 Å². The minimum Gasteiger partial charge on any atom is -0.508 e. The Morgan fingerprint density at radius 2 is 1.81 bits per heavy atom. The molecule has 0 saturated heterocycles. The molecule has 0 radical (unpaired) electrons. The van der Waals surface area contributed by atoms with Gasteiger partial charge >= 0.3 is 0 Å². The summed E-state index contributed by atoms with van der Waals surface area (Å²) in [5.41, 5.74) is 1.64. The van der Waals surface area contributed by atoms with Gasteiger partial charge in [0.25, 0.3) is 0 Å². The first-order valence-electron chi connectivity index (χ1n) is 6.88. The van der Waals surface area contributed by atoms with Crippen molar-refractivity contribution in [2.75, 3.05) is 0 Å². The number of ketones is 1. The molecule has 0 aliphatic carbocycles. The summed E-state index contributed by atoms with van der Waals surface area (Å²) in [6.45, 7) is 2.13. The number of hydrogen-bond acceptors (Lipinski definition) is 3. The lowest BCUT2D eigenvalue weighted by molar-refractivity contribution is 0.103. The van der Waals surface area contributed by atoms with Crippen LogP contribution in [0, 0.1) is 0 Å². The Bertz CT molecular complexity index is 625. The topological polar surface area (TPSA) is 57.5 Å². The molecule has 3 nitrogen and oxygen atoms in total. The van der Waals surface area contributed by atoms with Crippen LogP contribution in [-0.2, 0) is 6.42 Å². The van der Waals surface area contributed by atoms with Gasteiger partial charge in [-0.2, -0.15) is 0 Å². The highest BCUT2D eigenvalue weighted by atomic mass is 35.5. The molecule has 2 rings (SSSR count). The third-order valence-corrected chi connectivity index (χ3v) is 3.61. The van der Waals surface area contributed by atoms with Gasteiger partial charge in [-0.1, -0.05) is 49.2 Å². The molecule has 2 N–H and O–H groups in total. The summed E-state index contributed by atoms with van der Waals surface area (Å²) in [6, 6.07) is 9.63. The number of benzene rings is 2. The van der Waals surface area contributed by atoms with E-state index in [2.05, 4.69) is 6.92 Å². The van der Waals surface area contributed by atoms with E-state index < -0.39 is 0 Å². The molecular formula is C17H17ClO3. The predicted octanol–water partition coefficient (Wildman–Crippen LogP) is 4.32. The molecule has 0 spiro atoms. The van der Waals surface area contributed by atoms with E-state index in [1.807, 2.05) is 12.1 Å². The van der Waals surface area contributed by atoms with Crippen molar-refractivity contribution in [2.45, 2.75) is 26.2 Å². The number of hydrogen-bond donors (Lipinski definition) is 2. The van der Waals surface area contributed by atoms with Gasteiger partial charge in [-0.15, -0.1) is 0 Å². The number of aryl methyl sites for hydroxylation is 1. The van der Waals surface area contributed by atoms with E-state index in [9.17, 15) is 15.0 Å². The lowest BCUT2D eigenvalue weighted by Crippen LogP contribution is -2.03. The Hall–Kier alpha value is -2.00. The molecule has 0 aromatic heterocycles. The number of carbonyl (C=O) groups is 1. The van der Waals surface area contributed by atoms with Crippen molar-refractivity contribution >= 4 is 17.4 Å². The number of unbranched alkanes of at least 4 members (excludes halogenated alkanes) is 1. The van der Waals surface area contributed by atoms with E-state index in [1.54, 1.807) is 12.1 Å². The fourth-order valence-corrected chi connectivity index (χ4v) is 2.45. The summed E-state index contributed by atoms with van der Waals surface area (Å²) >= 11 is 5.94. The smallest absolute Gasteiger partial charge is 0.198 e. The molecule has 4 heteroatoms. The maximum Gasteiger partial charge on any atom is 0.198 e. The number of rotatable bonds is 5. The maximum atomic E-state index is 12.4. The summed E-state index contributed by atoms with van der Waals surface area (Å²) in [4.78, 5) is 12.4. The Kier molecular flexibility index (Phi) is 4.86. The average molecular weight is 305 g/mol. The van der Waals surface area contributed by atoms with E-state index >= 15 is 0 Å². The van der Waals surface area contributed by atoms with Gasteiger partial charge in [-0.25, -0.2) is 0 Å². The number of halogens is 1. The van der Waals surface area contributed by atoms with Crippen LogP contribution in [0.5, 0.6) is 11.5 Å². The molecule has 0 bridgehead atoms. The van der Waals surface area contributed by atoms with Gasteiger partial charge in [0.15, 0.2) is 5.78 Å². The van der Waals surface area contributed by atoms with Gasteiger partial charge in [0.05, 0.1) is 10.6 Å². The van der Waals surface area contributed by atoms with E-state index in [1.165, 1.54) is 11.6 Å². The summed E-state index contributed by atoms with van der Waals surface area (Å²) < 4.78 is 0. The van der Waals surface area contributed by atoms with Crippen molar-refractivity contribution in [1.29, 1.82) is 0 Å². The largest absolute Gasteiger partial charge is 0.508 e. The standard InChI is InChI=1S/C17H17ClO3/c1-2-3-4-11-5-7-12(8-6-11)17(21)16-14(18)9-13(19)10-15(16)20/h5-10,19-20H,2-4H2,1H3. The maximum absolute atomic E-state index is 12.4. The Balaban J connectivity index is 2.28. The van der Waals surface area contributed by atoms with Gasteiger partial charge < -0.3 is 10.2 Å². The number of phenolic OH excluding ortho intramolecular Hbond substituents is 2. The van der Waals surface area contributed by atoms with Crippen LogP contribution in [0.4, 0.5) is 0 Å². The van der Waals surface area contributed by atoms with E-state index in [0.29, 0.717) is 5.56 Å². The third-order valence-electron chi connectivity index (χ3n) is 3.32. The van der Waals surface area contributed by atoms with Crippen LogP contribution in [-0.4, -0.2) is 16.0 Å². The summed E-state index contributed by atoms with van der Waals surface area (Å²) in [6.07, 6.45) is 3.21. The van der Waals surface area contributed by atoms with Crippen LogP contribution >= 0.6 is 11.6 Å². The second-order valence-electron chi connectivity index (χ2n) is 4.95. The van der Waals surface area contributed by atoms with E-state index in [0.717, 1.165) is 25.3 Å². The van der Waals surface area contributed by atoms with Crippen molar-refractivity contribution in [1.82, 2.24) is 0 Å². The van der Waals surface area contributed by atoms with Crippen LogP contribution in [0.15, 0.2) is 36.4 Å². The SMILES string of the molecule is CCCCc1ccc(C(=O)c2c(O)cc(O)cc2Cl)cc1. The lowest BCUT2D eigenvalue weighted by Gasteiger charge is -2.08. The second-order valence-corrected chi connectivity index (χ2v) is 5.36. The number of carbonyl (C=O) groups excluding carboxylic acids is 1. The number of aromatic hydroxyl groups is 2. The van der Waals surface area contributed by atoms with Crippen molar-refractivity contribution in [3.63, 3.8) is 0 Å². The molecule has 0 aliphatic heterocycles. The molecule has 2 aromatic rings. The first-order chi connectivity index (χ1) is 10.0. The van der Waals surface area contributed by atoms with Crippen LogP contribution in [0.1, 0.15) is 41.3 Å². The zero-order valence-corrected chi connectivity index (χ0v) is 12.5. The first kappa shape index (κ1) is 15.4. The van der Waals surface area contributed by atoms with Gasteiger partial charge in [-0.3, -0.25) is 4.79 Å². The lowest BCUT2D eigenvalue weighted by atomic mass is 9.99. The van der Waals surface area contributed by atoms with Crippen molar-refractivity contribution in [3.05, 3.63) is 58.1 Å². The molecule has 0 atom stereocenters. The Morgan fingerprint density at radius 1 is 1.14 bits per heavy atom. The van der Waals surface area contributed by atoms with Crippen LogP contribution in [0.3, 0.4) is 0 Å². The number of phenols is 2. The normalized spacial score (nSPS) is 10.6. The van der Waals surface area contributed by atoms with Crippen molar-refractivity contribution < 1.29 is 15.0 Å². The first-order valence-corrected chi connectivity index (χ1v) is 7.26. The third kappa shape index (κ3) is 3.56. The van der Waals surface area contributed by atoms with Gasteiger partial charge in [-0.05, 0) is 24.5 Å². The quantitative estimate of drug-likeness (QED) is 0.809. The molecule has 0 aliphatic rings. The minimum absolute atomic E-state index is 0.00998. The molecular weight excluding hydrogens is 288 g/mol. The molecule has 0 unspecified atom stereocenters. The molecule has 2 aromatic carbocycles. The highest BCUT2D eigenvalue weighted by molar-refractivity contribution is 6.35. The van der Waals surface area contributed by atoms with E-state index in [-0.39, 0.29) is 27.9 Å². The zero-order valence-electron chi connectivity index (χ0n) is 11.8. The Morgan fingerprint density at radius 3 is 2.38 bits per heavy atom. The fraction of sp³-hybridized carbons (Fsp3) is 0.235. The highest BCUT2D eigenvalue weighted by Crippen LogP contribution is 2.32. The van der Waals surface area contributed by atoms with Crippen LogP contribution in [0.25, 0.3) is 0 Å². The van der Waals surface area contributed by atoms with Crippen molar-refractivity contribution in [2.24, 2.45) is 0 Å².